The normalized spacial score (nSPS) is 12.1. The van der Waals surface area contributed by atoms with Crippen molar-refractivity contribution in [1.82, 2.24) is 0 Å². The third-order valence-corrected chi connectivity index (χ3v) is 1.49. The summed E-state index contributed by atoms with van der Waals surface area (Å²) in [5, 5.41) is 11.6. The average Bonchev–Trinajstić information content (AvgIpc) is 2.16. The van der Waals surface area contributed by atoms with Gasteiger partial charge in [-0.1, -0.05) is 18.2 Å². The standard InChI is InChI=1S/C9H11NO2/c11-6-9(7-12)10-8-4-2-1-3-5-8/h1-6,9-10,12H,7H2/t9-/m1/s1. The molecule has 0 aliphatic heterocycles. The fourth-order valence-corrected chi connectivity index (χ4v) is 0.871. The van der Waals surface area contributed by atoms with E-state index in [0.29, 0.717) is 6.29 Å². The molecule has 2 N–H and O–H groups in total. The number of aliphatic hydroxyl groups excluding tert-OH is 1. The van der Waals surface area contributed by atoms with E-state index in [9.17, 15) is 4.79 Å². The maximum absolute atomic E-state index is 10.3. The zero-order chi connectivity index (χ0) is 8.81. The number of carbonyl (C=O) groups excluding carboxylic acids is 1. The molecule has 1 rings (SSSR count). The van der Waals surface area contributed by atoms with Crippen molar-refractivity contribution in [2.75, 3.05) is 11.9 Å². The van der Waals surface area contributed by atoms with Crippen LogP contribution >= 0.6 is 0 Å². The highest BCUT2D eigenvalue weighted by atomic mass is 16.3. The number of benzene rings is 1. The van der Waals surface area contributed by atoms with Gasteiger partial charge in [0.15, 0.2) is 0 Å². The van der Waals surface area contributed by atoms with E-state index >= 15 is 0 Å². The quantitative estimate of drug-likeness (QED) is 0.644. The summed E-state index contributed by atoms with van der Waals surface area (Å²) in [6, 6.07) is 8.79. The van der Waals surface area contributed by atoms with E-state index in [1.54, 1.807) is 0 Å². The van der Waals surface area contributed by atoms with Gasteiger partial charge in [0.05, 0.1) is 6.61 Å². The van der Waals surface area contributed by atoms with Crippen molar-refractivity contribution < 1.29 is 9.90 Å². The van der Waals surface area contributed by atoms with E-state index < -0.39 is 6.04 Å². The number of hydrogen-bond acceptors (Lipinski definition) is 3. The molecule has 0 saturated carbocycles. The minimum atomic E-state index is -0.507. The van der Waals surface area contributed by atoms with Crippen molar-refractivity contribution in [2.24, 2.45) is 0 Å². The van der Waals surface area contributed by atoms with Gasteiger partial charge in [-0.05, 0) is 12.1 Å². The summed E-state index contributed by atoms with van der Waals surface area (Å²) in [5.41, 5.74) is 0.837. The predicted molar refractivity (Wildman–Crippen MR) is 47.0 cm³/mol. The molecule has 0 spiro atoms. The lowest BCUT2D eigenvalue weighted by molar-refractivity contribution is -0.109. The topological polar surface area (TPSA) is 49.3 Å². The Morgan fingerprint density at radius 1 is 1.42 bits per heavy atom. The first-order valence-corrected chi connectivity index (χ1v) is 3.74. The van der Waals surface area contributed by atoms with Crippen LogP contribution in [-0.2, 0) is 4.79 Å². The van der Waals surface area contributed by atoms with Crippen LogP contribution < -0.4 is 5.32 Å². The molecule has 0 aromatic heterocycles. The largest absolute Gasteiger partial charge is 0.394 e. The van der Waals surface area contributed by atoms with Gasteiger partial charge in [0.25, 0.3) is 0 Å². The predicted octanol–water partition coefficient (Wildman–Crippen LogP) is 0.658. The molecule has 3 nitrogen and oxygen atoms in total. The van der Waals surface area contributed by atoms with Gasteiger partial charge >= 0.3 is 0 Å². The van der Waals surface area contributed by atoms with Gasteiger partial charge in [-0.3, -0.25) is 0 Å². The number of anilines is 1. The van der Waals surface area contributed by atoms with Gasteiger partial charge in [-0.15, -0.1) is 0 Å². The zero-order valence-corrected chi connectivity index (χ0v) is 6.60. The summed E-state index contributed by atoms with van der Waals surface area (Å²) in [4.78, 5) is 10.3. The Bertz CT molecular complexity index is 236. The van der Waals surface area contributed by atoms with Crippen LogP contribution in [0.25, 0.3) is 0 Å². The number of hydrogen-bond donors (Lipinski definition) is 2. The Labute approximate surface area is 71.0 Å². The highest BCUT2D eigenvalue weighted by Gasteiger charge is 2.02. The summed E-state index contributed by atoms with van der Waals surface area (Å²) in [7, 11) is 0. The number of carbonyl (C=O) groups is 1. The summed E-state index contributed by atoms with van der Waals surface area (Å²) < 4.78 is 0. The van der Waals surface area contributed by atoms with Gasteiger partial charge in [0.1, 0.15) is 12.3 Å². The van der Waals surface area contributed by atoms with Gasteiger partial charge in [-0.25, -0.2) is 0 Å². The number of rotatable bonds is 4. The highest BCUT2D eigenvalue weighted by Crippen LogP contribution is 2.05. The second kappa shape index (κ2) is 4.51. The number of para-hydroxylation sites is 1. The molecule has 12 heavy (non-hydrogen) atoms. The van der Waals surface area contributed by atoms with Crippen LogP contribution in [0.3, 0.4) is 0 Å². The SMILES string of the molecule is O=C[C@H](CO)Nc1ccccc1. The average molecular weight is 165 g/mol. The van der Waals surface area contributed by atoms with E-state index in [2.05, 4.69) is 5.32 Å². The Morgan fingerprint density at radius 3 is 2.58 bits per heavy atom. The number of nitrogens with one attached hydrogen (secondary N) is 1. The Balaban J connectivity index is 2.56. The number of aldehydes is 1. The second-order valence-corrected chi connectivity index (χ2v) is 2.44. The summed E-state index contributed by atoms with van der Waals surface area (Å²) >= 11 is 0. The van der Waals surface area contributed by atoms with Gasteiger partial charge in [-0.2, -0.15) is 0 Å². The molecule has 0 fully saturated rings. The molecule has 1 aromatic carbocycles. The first-order valence-electron chi connectivity index (χ1n) is 3.74. The maximum Gasteiger partial charge on any atom is 0.144 e. The van der Waals surface area contributed by atoms with Crippen LogP contribution in [0.1, 0.15) is 0 Å². The Morgan fingerprint density at radius 2 is 2.08 bits per heavy atom. The van der Waals surface area contributed by atoms with E-state index in [1.165, 1.54) is 0 Å². The Kier molecular flexibility index (Phi) is 3.29. The molecular formula is C9H11NO2. The van der Waals surface area contributed by atoms with Crippen molar-refractivity contribution in [1.29, 1.82) is 0 Å². The fraction of sp³-hybridized carbons (Fsp3) is 0.222. The van der Waals surface area contributed by atoms with Gasteiger partial charge < -0.3 is 15.2 Å². The van der Waals surface area contributed by atoms with Crippen LogP contribution in [-0.4, -0.2) is 24.0 Å². The van der Waals surface area contributed by atoms with E-state index in [4.69, 9.17) is 5.11 Å². The van der Waals surface area contributed by atoms with Crippen LogP contribution in [0.4, 0.5) is 5.69 Å². The highest BCUT2D eigenvalue weighted by molar-refractivity contribution is 5.64. The zero-order valence-electron chi connectivity index (χ0n) is 6.60. The van der Waals surface area contributed by atoms with Gasteiger partial charge in [0.2, 0.25) is 0 Å². The minimum absolute atomic E-state index is 0.182. The maximum atomic E-state index is 10.3. The molecule has 0 heterocycles. The lowest BCUT2D eigenvalue weighted by Gasteiger charge is -2.10. The smallest absolute Gasteiger partial charge is 0.144 e. The van der Waals surface area contributed by atoms with Crippen molar-refractivity contribution in [3.8, 4) is 0 Å². The molecule has 3 heteroatoms. The molecule has 0 aliphatic carbocycles. The second-order valence-electron chi connectivity index (χ2n) is 2.44. The lowest BCUT2D eigenvalue weighted by atomic mass is 10.3. The monoisotopic (exact) mass is 165 g/mol. The van der Waals surface area contributed by atoms with E-state index in [-0.39, 0.29) is 6.61 Å². The molecule has 0 radical (unpaired) electrons. The first-order chi connectivity index (χ1) is 5.86. The van der Waals surface area contributed by atoms with Crippen molar-refractivity contribution in [3.63, 3.8) is 0 Å². The molecule has 0 bridgehead atoms. The summed E-state index contributed by atoms with van der Waals surface area (Å²) in [6.07, 6.45) is 0.688. The van der Waals surface area contributed by atoms with Crippen molar-refractivity contribution in [3.05, 3.63) is 30.3 Å². The molecular weight excluding hydrogens is 154 g/mol. The molecule has 0 amide bonds. The van der Waals surface area contributed by atoms with E-state index in [1.807, 2.05) is 30.3 Å². The van der Waals surface area contributed by atoms with Crippen molar-refractivity contribution >= 4 is 12.0 Å². The van der Waals surface area contributed by atoms with E-state index in [0.717, 1.165) is 5.69 Å². The van der Waals surface area contributed by atoms with Gasteiger partial charge in [0, 0.05) is 5.69 Å². The lowest BCUT2D eigenvalue weighted by Crippen LogP contribution is -2.24. The van der Waals surface area contributed by atoms with Crippen LogP contribution in [0.5, 0.6) is 0 Å². The third-order valence-electron chi connectivity index (χ3n) is 1.49. The molecule has 0 aliphatic rings. The first kappa shape index (κ1) is 8.74. The molecule has 0 saturated heterocycles. The molecule has 64 valence electrons. The summed E-state index contributed by atoms with van der Waals surface area (Å²) in [6.45, 7) is -0.182. The van der Waals surface area contributed by atoms with Crippen molar-refractivity contribution in [2.45, 2.75) is 6.04 Å². The van der Waals surface area contributed by atoms with Crippen LogP contribution in [0.2, 0.25) is 0 Å². The molecule has 1 aromatic rings. The fourth-order valence-electron chi connectivity index (χ4n) is 0.871. The molecule has 1 atom stereocenters. The summed E-state index contributed by atoms with van der Waals surface area (Å²) in [5.74, 6) is 0. The van der Waals surface area contributed by atoms with Crippen LogP contribution in [0.15, 0.2) is 30.3 Å². The number of aliphatic hydroxyl groups is 1. The Hall–Kier alpha value is -1.35. The minimum Gasteiger partial charge on any atom is -0.394 e. The molecule has 0 unspecified atom stereocenters. The van der Waals surface area contributed by atoms with Crippen LogP contribution in [0, 0.1) is 0 Å². The third kappa shape index (κ3) is 2.36.